The number of benzene rings is 2. The Labute approximate surface area is 173 Å². The SMILES string of the molecule is CCOC(=O)CC(COCc1cc(C(F)(F)F)cc(C(F)(F)F)c1)c1ccc(F)cc1. The third kappa shape index (κ3) is 7.54. The highest BCUT2D eigenvalue weighted by atomic mass is 19.4. The number of ether oxygens (including phenoxy) is 2. The molecule has 2 rings (SSSR count). The van der Waals surface area contributed by atoms with Gasteiger partial charge in [0.25, 0.3) is 0 Å². The van der Waals surface area contributed by atoms with Crippen molar-refractivity contribution in [1.29, 1.82) is 0 Å². The van der Waals surface area contributed by atoms with Crippen LogP contribution in [-0.2, 0) is 33.2 Å². The van der Waals surface area contributed by atoms with Crippen LogP contribution in [0.1, 0.15) is 41.5 Å². The molecule has 0 aliphatic heterocycles. The second-order valence-electron chi connectivity index (χ2n) is 6.69. The Morgan fingerprint density at radius 2 is 1.48 bits per heavy atom. The maximum atomic E-state index is 13.2. The zero-order valence-electron chi connectivity index (χ0n) is 16.3. The number of carbonyl (C=O) groups excluding carboxylic acids is 1. The molecular weight excluding hydrogens is 433 g/mol. The van der Waals surface area contributed by atoms with Gasteiger partial charge in [0, 0.05) is 5.92 Å². The molecule has 0 saturated carbocycles. The highest BCUT2D eigenvalue weighted by Gasteiger charge is 2.36. The quantitative estimate of drug-likeness (QED) is 0.358. The fraction of sp³-hybridized carbons (Fsp3) is 0.381. The molecule has 0 amide bonds. The van der Waals surface area contributed by atoms with Gasteiger partial charge in [-0.1, -0.05) is 12.1 Å². The van der Waals surface area contributed by atoms with Gasteiger partial charge in [-0.05, 0) is 48.4 Å². The van der Waals surface area contributed by atoms with Crippen molar-refractivity contribution < 1.29 is 45.0 Å². The zero-order chi connectivity index (χ0) is 23.2. The van der Waals surface area contributed by atoms with Gasteiger partial charge in [-0.3, -0.25) is 4.79 Å². The predicted molar refractivity (Wildman–Crippen MR) is 96.5 cm³/mol. The summed E-state index contributed by atoms with van der Waals surface area (Å²) in [6.07, 6.45) is -10.1. The minimum Gasteiger partial charge on any atom is -0.466 e. The van der Waals surface area contributed by atoms with Gasteiger partial charge in [0.2, 0.25) is 0 Å². The second kappa shape index (κ2) is 10.1. The van der Waals surface area contributed by atoms with Gasteiger partial charge in [-0.2, -0.15) is 26.3 Å². The number of halogens is 7. The average molecular weight is 452 g/mol. The number of hydrogen-bond acceptors (Lipinski definition) is 3. The monoisotopic (exact) mass is 452 g/mol. The number of rotatable bonds is 8. The summed E-state index contributed by atoms with van der Waals surface area (Å²) in [5.74, 6) is -1.71. The van der Waals surface area contributed by atoms with Gasteiger partial charge in [0.15, 0.2) is 0 Å². The second-order valence-corrected chi connectivity index (χ2v) is 6.69. The van der Waals surface area contributed by atoms with Crippen LogP contribution >= 0.6 is 0 Å². The molecule has 0 heterocycles. The van der Waals surface area contributed by atoms with Gasteiger partial charge in [-0.25, -0.2) is 4.39 Å². The van der Waals surface area contributed by atoms with E-state index in [0.717, 1.165) is 12.1 Å². The molecule has 0 aromatic heterocycles. The summed E-state index contributed by atoms with van der Waals surface area (Å²) in [6, 6.07) is 6.33. The molecule has 2 aromatic carbocycles. The lowest BCUT2D eigenvalue weighted by atomic mass is 9.96. The summed E-state index contributed by atoms with van der Waals surface area (Å²) in [5, 5.41) is 0. The maximum Gasteiger partial charge on any atom is 0.416 e. The fourth-order valence-corrected chi connectivity index (χ4v) is 2.85. The van der Waals surface area contributed by atoms with Crippen LogP contribution in [0, 0.1) is 5.82 Å². The Balaban J connectivity index is 2.18. The van der Waals surface area contributed by atoms with Gasteiger partial charge in [0.05, 0.1) is 37.4 Å². The van der Waals surface area contributed by atoms with Crippen molar-refractivity contribution in [3.8, 4) is 0 Å². The molecule has 10 heteroatoms. The molecular formula is C21H19F7O3. The molecule has 31 heavy (non-hydrogen) atoms. The number of alkyl halides is 6. The molecule has 0 N–H and O–H groups in total. The number of hydrogen-bond donors (Lipinski definition) is 0. The van der Waals surface area contributed by atoms with E-state index in [1.165, 1.54) is 12.1 Å². The van der Waals surface area contributed by atoms with Crippen LogP contribution in [0.3, 0.4) is 0 Å². The minimum absolute atomic E-state index is 0.0333. The van der Waals surface area contributed by atoms with Crippen LogP contribution < -0.4 is 0 Å². The highest BCUT2D eigenvalue weighted by molar-refractivity contribution is 5.70. The molecule has 0 aliphatic rings. The van der Waals surface area contributed by atoms with Gasteiger partial charge >= 0.3 is 18.3 Å². The van der Waals surface area contributed by atoms with E-state index in [1.54, 1.807) is 6.92 Å². The van der Waals surface area contributed by atoms with E-state index in [4.69, 9.17) is 9.47 Å². The third-order valence-corrected chi connectivity index (χ3v) is 4.30. The smallest absolute Gasteiger partial charge is 0.416 e. The van der Waals surface area contributed by atoms with E-state index < -0.39 is 47.8 Å². The Morgan fingerprint density at radius 1 is 0.935 bits per heavy atom. The summed E-state index contributed by atoms with van der Waals surface area (Å²) >= 11 is 0. The van der Waals surface area contributed by atoms with Crippen molar-refractivity contribution in [2.75, 3.05) is 13.2 Å². The first-order valence-corrected chi connectivity index (χ1v) is 9.17. The maximum absolute atomic E-state index is 13.2. The van der Waals surface area contributed by atoms with Gasteiger partial charge in [0.1, 0.15) is 5.82 Å². The number of carbonyl (C=O) groups is 1. The van der Waals surface area contributed by atoms with E-state index >= 15 is 0 Å². The first kappa shape index (κ1) is 24.6. The largest absolute Gasteiger partial charge is 0.466 e. The van der Waals surface area contributed by atoms with Crippen molar-refractivity contribution in [2.45, 2.75) is 38.2 Å². The molecule has 0 bridgehead atoms. The lowest BCUT2D eigenvalue weighted by Crippen LogP contribution is -2.16. The van der Waals surface area contributed by atoms with Gasteiger partial charge < -0.3 is 9.47 Å². The van der Waals surface area contributed by atoms with Crippen molar-refractivity contribution in [1.82, 2.24) is 0 Å². The lowest BCUT2D eigenvalue weighted by molar-refractivity contribution is -0.145. The molecule has 0 aliphatic carbocycles. The van der Waals surface area contributed by atoms with E-state index in [-0.39, 0.29) is 31.3 Å². The highest BCUT2D eigenvalue weighted by Crippen LogP contribution is 2.36. The Kier molecular flexibility index (Phi) is 8.05. The van der Waals surface area contributed by atoms with Crippen LogP contribution in [0.25, 0.3) is 0 Å². The predicted octanol–water partition coefficient (Wildman–Crippen LogP) is 6.12. The summed E-state index contributed by atoms with van der Waals surface area (Å²) < 4.78 is 101. The van der Waals surface area contributed by atoms with E-state index in [1.807, 2.05) is 0 Å². The van der Waals surface area contributed by atoms with Crippen LogP contribution in [0.4, 0.5) is 30.7 Å². The molecule has 0 radical (unpaired) electrons. The van der Waals surface area contributed by atoms with Crippen molar-refractivity contribution >= 4 is 5.97 Å². The Bertz CT molecular complexity index is 842. The normalized spacial score (nSPS) is 13.2. The van der Waals surface area contributed by atoms with E-state index in [9.17, 15) is 35.5 Å². The Hall–Kier alpha value is -2.62. The lowest BCUT2D eigenvalue weighted by Gasteiger charge is -2.18. The third-order valence-electron chi connectivity index (χ3n) is 4.30. The summed E-state index contributed by atoms with van der Waals surface area (Å²) in [7, 11) is 0. The molecule has 1 atom stereocenters. The van der Waals surface area contributed by atoms with E-state index in [0.29, 0.717) is 17.7 Å². The molecule has 2 aromatic rings. The van der Waals surface area contributed by atoms with Crippen molar-refractivity contribution in [3.63, 3.8) is 0 Å². The van der Waals surface area contributed by atoms with Crippen LogP contribution in [0.2, 0.25) is 0 Å². The summed E-state index contributed by atoms with van der Waals surface area (Å²) in [4.78, 5) is 11.8. The molecule has 0 spiro atoms. The average Bonchev–Trinajstić information content (AvgIpc) is 2.66. The topological polar surface area (TPSA) is 35.5 Å². The molecule has 0 fully saturated rings. The summed E-state index contributed by atoms with van der Waals surface area (Å²) in [5.41, 5.74) is -2.70. The van der Waals surface area contributed by atoms with Crippen LogP contribution in [0.5, 0.6) is 0 Å². The standard InChI is InChI=1S/C21H19F7O3/c1-2-31-19(29)9-15(14-3-5-18(22)6-4-14)12-30-11-13-7-16(20(23,24)25)10-17(8-13)21(26,27)28/h3-8,10,15H,2,9,11-12H2,1H3. The Morgan fingerprint density at radius 3 is 1.97 bits per heavy atom. The minimum atomic E-state index is -4.96. The first-order chi connectivity index (χ1) is 14.4. The molecule has 3 nitrogen and oxygen atoms in total. The van der Waals surface area contributed by atoms with Crippen LogP contribution in [-0.4, -0.2) is 19.2 Å². The van der Waals surface area contributed by atoms with Gasteiger partial charge in [-0.15, -0.1) is 0 Å². The van der Waals surface area contributed by atoms with E-state index in [2.05, 4.69) is 0 Å². The van der Waals surface area contributed by atoms with Crippen molar-refractivity contribution in [2.24, 2.45) is 0 Å². The zero-order valence-corrected chi connectivity index (χ0v) is 16.3. The molecule has 170 valence electrons. The fourth-order valence-electron chi connectivity index (χ4n) is 2.85. The molecule has 0 saturated heterocycles. The first-order valence-electron chi connectivity index (χ1n) is 9.17. The summed E-state index contributed by atoms with van der Waals surface area (Å²) in [6.45, 7) is 0.975. The molecule has 1 unspecified atom stereocenters. The van der Waals surface area contributed by atoms with Crippen molar-refractivity contribution in [3.05, 3.63) is 70.5 Å². The van der Waals surface area contributed by atoms with Crippen LogP contribution in [0.15, 0.2) is 42.5 Å². The number of esters is 1.